The van der Waals surface area contributed by atoms with Crippen molar-refractivity contribution in [3.63, 3.8) is 0 Å². The molecule has 10 nitrogen and oxygen atoms in total. The molecule has 6 rings (SSSR count). The van der Waals surface area contributed by atoms with Gasteiger partial charge in [-0.3, -0.25) is 19.2 Å². The standard InChI is InChI=1S/C38H44N4O6/c1-47-34(43)16-20-39-37(46)38(27-9-3-2-4-10-27)19-15-30(29-11-5-7-13-32(29)38)36(45)42-21-17-28(18-22-42)40-35(44)31-12-6-8-14-33(31)41-23-25-48-26-24-41/h2-14,28,30H,15-26H2,1H3,(H,39,46)(H,40,44)/t30-,38+/m1/s1. The lowest BCUT2D eigenvalue weighted by molar-refractivity contribution is -0.140. The Morgan fingerprint density at radius 2 is 1.54 bits per heavy atom. The molecule has 2 atom stereocenters. The zero-order valence-electron chi connectivity index (χ0n) is 27.5. The van der Waals surface area contributed by atoms with E-state index in [0.29, 0.717) is 57.6 Å². The fourth-order valence-corrected chi connectivity index (χ4v) is 7.49. The van der Waals surface area contributed by atoms with Gasteiger partial charge in [0.2, 0.25) is 11.8 Å². The van der Waals surface area contributed by atoms with Gasteiger partial charge in [0.1, 0.15) is 0 Å². The van der Waals surface area contributed by atoms with Crippen LogP contribution in [0.15, 0.2) is 78.9 Å². The van der Waals surface area contributed by atoms with Crippen molar-refractivity contribution in [2.45, 2.75) is 49.5 Å². The number of methoxy groups -OCH3 is 1. The number of anilines is 1. The third-order valence-corrected chi connectivity index (χ3v) is 10.0. The highest BCUT2D eigenvalue weighted by Crippen LogP contribution is 2.48. The monoisotopic (exact) mass is 652 g/mol. The van der Waals surface area contributed by atoms with Crippen LogP contribution in [0.2, 0.25) is 0 Å². The summed E-state index contributed by atoms with van der Waals surface area (Å²) in [6, 6.07) is 25.1. The van der Waals surface area contributed by atoms with Gasteiger partial charge in [0, 0.05) is 44.5 Å². The van der Waals surface area contributed by atoms with Crippen molar-refractivity contribution < 1.29 is 28.7 Å². The Balaban J connectivity index is 1.15. The molecule has 2 heterocycles. The number of para-hydroxylation sites is 1. The van der Waals surface area contributed by atoms with Gasteiger partial charge in [-0.15, -0.1) is 0 Å². The lowest BCUT2D eigenvalue weighted by atomic mass is 9.62. The van der Waals surface area contributed by atoms with E-state index < -0.39 is 5.41 Å². The van der Waals surface area contributed by atoms with E-state index in [9.17, 15) is 19.2 Å². The first kappa shape index (κ1) is 33.2. The van der Waals surface area contributed by atoms with Gasteiger partial charge in [-0.1, -0.05) is 66.7 Å². The molecule has 2 aliphatic heterocycles. The minimum absolute atomic E-state index is 0.0302. The highest BCUT2D eigenvalue weighted by Gasteiger charge is 2.48. The molecule has 0 radical (unpaired) electrons. The maximum atomic E-state index is 14.2. The van der Waals surface area contributed by atoms with Crippen LogP contribution >= 0.6 is 0 Å². The van der Waals surface area contributed by atoms with Crippen molar-refractivity contribution in [2.75, 3.05) is 57.9 Å². The molecule has 3 aromatic carbocycles. The molecular weight excluding hydrogens is 608 g/mol. The second-order valence-corrected chi connectivity index (χ2v) is 12.7. The van der Waals surface area contributed by atoms with Crippen LogP contribution in [0.4, 0.5) is 5.69 Å². The number of carbonyl (C=O) groups excluding carboxylic acids is 4. The second-order valence-electron chi connectivity index (χ2n) is 12.7. The predicted molar refractivity (Wildman–Crippen MR) is 182 cm³/mol. The van der Waals surface area contributed by atoms with Crippen LogP contribution < -0.4 is 15.5 Å². The van der Waals surface area contributed by atoms with Crippen LogP contribution in [0.3, 0.4) is 0 Å². The maximum absolute atomic E-state index is 14.2. The molecule has 1 aliphatic carbocycles. The molecule has 2 N–H and O–H groups in total. The molecule has 3 amide bonds. The smallest absolute Gasteiger partial charge is 0.307 e. The van der Waals surface area contributed by atoms with Crippen molar-refractivity contribution in [3.8, 4) is 0 Å². The summed E-state index contributed by atoms with van der Waals surface area (Å²) in [4.78, 5) is 57.5. The number of nitrogens with zero attached hydrogens (tertiary/aromatic N) is 2. The summed E-state index contributed by atoms with van der Waals surface area (Å²) in [5.41, 5.74) is 3.11. The Kier molecular flexibility index (Phi) is 10.4. The molecule has 252 valence electrons. The first-order chi connectivity index (χ1) is 23.4. The van der Waals surface area contributed by atoms with Crippen LogP contribution in [-0.4, -0.2) is 87.7 Å². The number of benzene rings is 3. The zero-order chi connectivity index (χ0) is 33.5. The highest BCUT2D eigenvalue weighted by atomic mass is 16.5. The summed E-state index contributed by atoms with van der Waals surface area (Å²) in [5, 5.41) is 6.21. The van der Waals surface area contributed by atoms with Gasteiger partial charge in [0.15, 0.2) is 0 Å². The molecule has 0 unspecified atom stereocenters. The van der Waals surface area contributed by atoms with Gasteiger partial charge in [-0.25, -0.2) is 0 Å². The van der Waals surface area contributed by atoms with Crippen molar-refractivity contribution >= 4 is 29.4 Å². The SMILES string of the molecule is COC(=O)CCNC(=O)[C@]1(c2ccccc2)CC[C@@H](C(=O)N2CCC(NC(=O)c3ccccc3N3CCOCC3)CC2)c2ccccc21. The Bertz CT molecular complexity index is 1620. The quantitative estimate of drug-likeness (QED) is 0.338. The van der Waals surface area contributed by atoms with Crippen LogP contribution in [0.5, 0.6) is 0 Å². The number of hydrogen-bond acceptors (Lipinski definition) is 7. The van der Waals surface area contributed by atoms with Crippen LogP contribution in [0.25, 0.3) is 0 Å². The van der Waals surface area contributed by atoms with Crippen molar-refractivity contribution in [3.05, 3.63) is 101 Å². The molecule has 2 saturated heterocycles. The number of amides is 3. The Labute approximate surface area is 281 Å². The van der Waals surface area contributed by atoms with Gasteiger partial charge in [-0.2, -0.15) is 0 Å². The van der Waals surface area contributed by atoms with Crippen LogP contribution in [0, 0.1) is 0 Å². The number of rotatable bonds is 9. The van der Waals surface area contributed by atoms with Gasteiger partial charge < -0.3 is 29.9 Å². The molecule has 10 heteroatoms. The lowest BCUT2D eigenvalue weighted by Gasteiger charge is -2.42. The number of esters is 1. The Morgan fingerprint density at radius 3 is 2.29 bits per heavy atom. The summed E-state index contributed by atoms with van der Waals surface area (Å²) >= 11 is 0. The van der Waals surface area contributed by atoms with E-state index in [-0.39, 0.29) is 48.6 Å². The van der Waals surface area contributed by atoms with E-state index in [1.165, 1.54) is 7.11 Å². The molecule has 0 bridgehead atoms. The third kappa shape index (κ3) is 6.80. The minimum Gasteiger partial charge on any atom is -0.469 e. The first-order valence-electron chi connectivity index (χ1n) is 16.9. The predicted octanol–water partition coefficient (Wildman–Crippen LogP) is 3.79. The van der Waals surface area contributed by atoms with E-state index in [4.69, 9.17) is 9.47 Å². The second kappa shape index (κ2) is 15.0. The summed E-state index contributed by atoms with van der Waals surface area (Å²) < 4.78 is 10.3. The van der Waals surface area contributed by atoms with E-state index >= 15 is 0 Å². The number of carbonyl (C=O) groups is 4. The third-order valence-electron chi connectivity index (χ3n) is 10.0. The highest BCUT2D eigenvalue weighted by molar-refractivity contribution is 6.00. The normalized spacial score (nSPS) is 21.1. The van der Waals surface area contributed by atoms with Crippen LogP contribution in [0.1, 0.15) is 65.1 Å². The Hall–Kier alpha value is -4.70. The average molecular weight is 653 g/mol. The number of likely N-dealkylation sites (tertiary alicyclic amines) is 1. The molecule has 0 aromatic heterocycles. The average Bonchev–Trinajstić information content (AvgIpc) is 3.15. The molecule has 0 saturated carbocycles. The van der Waals surface area contributed by atoms with Crippen LogP contribution in [-0.2, 0) is 29.3 Å². The molecule has 2 fully saturated rings. The summed E-state index contributed by atoms with van der Waals surface area (Å²) in [7, 11) is 1.33. The van der Waals surface area contributed by atoms with E-state index in [0.717, 1.165) is 35.5 Å². The summed E-state index contributed by atoms with van der Waals surface area (Å²) in [5.74, 6) is -1.00. The molecular formula is C38H44N4O6. The fraction of sp³-hybridized carbons (Fsp3) is 0.421. The number of piperidine rings is 1. The summed E-state index contributed by atoms with van der Waals surface area (Å²) in [6.07, 6.45) is 2.37. The van der Waals surface area contributed by atoms with Crippen molar-refractivity contribution in [2.24, 2.45) is 0 Å². The number of hydrogen-bond donors (Lipinski definition) is 2. The Morgan fingerprint density at radius 1 is 0.854 bits per heavy atom. The van der Waals surface area contributed by atoms with Gasteiger partial charge in [0.05, 0.1) is 43.6 Å². The van der Waals surface area contributed by atoms with Gasteiger partial charge >= 0.3 is 5.97 Å². The van der Waals surface area contributed by atoms with Gasteiger partial charge in [0.25, 0.3) is 5.91 Å². The van der Waals surface area contributed by atoms with Crippen molar-refractivity contribution in [1.82, 2.24) is 15.5 Å². The molecule has 48 heavy (non-hydrogen) atoms. The largest absolute Gasteiger partial charge is 0.469 e. The zero-order valence-corrected chi connectivity index (χ0v) is 27.5. The lowest BCUT2D eigenvalue weighted by Crippen LogP contribution is -2.51. The van der Waals surface area contributed by atoms with Crippen molar-refractivity contribution in [1.29, 1.82) is 0 Å². The molecule has 3 aliphatic rings. The number of fused-ring (bicyclic) bond motifs is 1. The van der Waals surface area contributed by atoms with E-state index in [1.807, 2.05) is 83.8 Å². The number of ether oxygens (including phenoxy) is 2. The van der Waals surface area contributed by atoms with E-state index in [2.05, 4.69) is 15.5 Å². The number of nitrogens with one attached hydrogen (secondary N) is 2. The maximum Gasteiger partial charge on any atom is 0.307 e. The topological polar surface area (TPSA) is 117 Å². The fourth-order valence-electron chi connectivity index (χ4n) is 7.49. The first-order valence-corrected chi connectivity index (χ1v) is 16.9. The molecule has 3 aromatic rings. The summed E-state index contributed by atoms with van der Waals surface area (Å²) in [6.45, 7) is 4.05. The van der Waals surface area contributed by atoms with Gasteiger partial charge in [-0.05, 0) is 54.5 Å². The van der Waals surface area contributed by atoms with E-state index in [1.54, 1.807) is 0 Å². The number of morpholine rings is 1. The molecule has 0 spiro atoms. The minimum atomic E-state index is -1.00.